The second-order valence-electron chi connectivity index (χ2n) is 5.21. The normalized spacial score (nSPS) is 19.9. The van der Waals surface area contributed by atoms with Gasteiger partial charge in [0.25, 0.3) is 0 Å². The van der Waals surface area contributed by atoms with E-state index in [9.17, 15) is 4.79 Å². The predicted octanol–water partition coefficient (Wildman–Crippen LogP) is 2.99. The van der Waals surface area contributed by atoms with Gasteiger partial charge in [0.15, 0.2) is 0 Å². The third-order valence-corrected chi connectivity index (χ3v) is 3.55. The number of carbonyl (C=O) groups excluding carboxylic acids is 1. The highest BCUT2D eigenvalue weighted by Gasteiger charge is 2.29. The second-order valence-corrected chi connectivity index (χ2v) is 5.21. The minimum atomic E-state index is 0.188. The van der Waals surface area contributed by atoms with E-state index in [-0.39, 0.29) is 5.91 Å². The first-order valence-corrected chi connectivity index (χ1v) is 5.91. The first-order chi connectivity index (χ1) is 6.97. The van der Waals surface area contributed by atoms with Gasteiger partial charge in [0, 0.05) is 19.2 Å². The maximum Gasteiger partial charge on any atom is 0.246 e. The van der Waals surface area contributed by atoms with Crippen LogP contribution in [0, 0.1) is 5.41 Å². The molecule has 0 saturated carbocycles. The lowest BCUT2D eigenvalue weighted by atomic mass is 9.78. The summed E-state index contributed by atoms with van der Waals surface area (Å²) in [5, 5.41) is 0. The molecule has 0 spiro atoms. The van der Waals surface area contributed by atoms with Gasteiger partial charge in [0.2, 0.25) is 5.91 Å². The van der Waals surface area contributed by atoms with Gasteiger partial charge in [0.1, 0.15) is 0 Å². The molecule has 0 aromatic heterocycles. The van der Waals surface area contributed by atoms with Crippen molar-refractivity contribution in [1.29, 1.82) is 0 Å². The Kier molecular flexibility index (Phi) is 3.95. The summed E-state index contributed by atoms with van der Waals surface area (Å²) in [5.41, 5.74) is 1.55. The highest BCUT2D eigenvalue weighted by atomic mass is 16.2. The number of piperidine rings is 1. The first-order valence-electron chi connectivity index (χ1n) is 5.91. The van der Waals surface area contributed by atoms with E-state index in [4.69, 9.17) is 0 Å². The average molecular weight is 209 g/mol. The zero-order valence-corrected chi connectivity index (χ0v) is 10.5. The number of allylic oxidation sites excluding steroid dienone is 1. The van der Waals surface area contributed by atoms with E-state index in [1.54, 1.807) is 6.08 Å². The Hall–Kier alpha value is -0.790. The summed E-state index contributed by atoms with van der Waals surface area (Å²) in [7, 11) is 0. The van der Waals surface area contributed by atoms with Gasteiger partial charge >= 0.3 is 0 Å². The van der Waals surface area contributed by atoms with Crippen LogP contribution in [0.1, 0.15) is 47.0 Å². The molecular formula is C13H23NO. The van der Waals surface area contributed by atoms with Crippen molar-refractivity contribution < 1.29 is 4.79 Å². The van der Waals surface area contributed by atoms with Crippen LogP contribution < -0.4 is 0 Å². The number of likely N-dealkylation sites (tertiary alicyclic amines) is 1. The molecule has 0 atom stereocenters. The number of carbonyl (C=O) groups is 1. The van der Waals surface area contributed by atoms with Crippen molar-refractivity contribution >= 4 is 5.91 Å². The summed E-state index contributed by atoms with van der Waals surface area (Å²) in [6.45, 7) is 10.4. The van der Waals surface area contributed by atoms with Crippen LogP contribution in [-0.2, 0) is 4.79 Å². The Morgan fingerprint density at radius 3 is 2.27 bits per heavy atom. The van der Waals surface area contributed by atoms with Crippen molar-refractivity contribution in [2.45, 2.75) is 47.0 Å². The summed E-state index contributed by atoms with van der Waals surface area (Å²) in [6, 6.07) is 0. The van der Waals surface area contributed by atoms with Gasteiger partial charge in [-0.05, 0) is 32.1 Å². The number of nitrogens with zero attached hydrogens (tertiary/aromatic N) is 1. The standard InChI is InChI=1S/C13H23NO/c1-5-13(4)6-8-14(9-7-13)12(15)10-11(2)3/h10H,5-9H2,1-4H3. The molecule has 86 valence electrons. The minimum Gasteiger partial charge on any atom is -0.339 e. The first kappa shape index (κ1) is 12.3. The van der Waals surface area contributed by atoms with Gasteiger partial charge in [-0.2, -0.15) is 0 Å². The number of hydrogen-bond acceptors (Lipinski definition) is 1. The van der Waals surface area contributed by atoms with Crippen LogP contribution in [0.4, 0.5) is 0 Å². The number of hydrogen-bond donors (Lipinski definition) is 0. The largest absolute Gasteiger partial charge is 0.339 e. The Balaban J connectivity index is 2.51. The van der Waals surface area contributed by atoms with E-state index in [1.807, 2.05) is 18.7 Å². The van der Waals surface area contributed by atoms with Crippen LogP contribution in [0.5, 0.6) is 0 Å². The summed E-state index contributed by atoms with van der Waals surface area (Å²) in [6.07, 6.45) is 5.25. The molecule has 1 saturated heterocycles. The van der Waals surface area contributed by atoms with E-state index in [0.29, 0.717) is 5.41 Å². The maximum absolute atomic E-state index is 11.8. The molecule has 1 fully saturated rings. The lowest BCUT2D eigenvalue weighted by molar-refractivity contribution is -0.128. The average Bonchev–Trinajstić information content (AvgIpc) is 2.18. The molecule has 1 rings (SSSR count). The third-order valence-electron chi connectivity index (χ3n) is 3.55. The van der Waals surface area contributed by atoms with Gasteiger partial charge in [-0.3, -0.25) is 4.79 Å². The Morgan fingerprint density at radius 1 is 1.33 bits per heavy atom. The van der Waals surface area contributed by atoms with E-state index >= 15 is 0 Å². The van der Waals surface area contributed by atoms with Crippen LogP contribution >= 0.6 is 0 Å². The van der Waals surface area contributed by atoms with Crippen LogP contribution in [0.15, 0.2) is 11.6 Å². The molecule has 1 aliphatic heterocycles. The van der Waals surface area contributed by atoms with Crippen molar-refractivity contribution in [3.63, 3.8) is 0 Å². The molecule has 2 nitrogen and oxygen atoms in total. The molecule has 1 aliphatic rings. The fourth-order valence-electron chi connectivity index (χ4n) is 1.96. The van der Waals surface area contributed by atoms with Gasteiger partial charge in [-0.15, -0.1) is 0 Å². The van der Waals surface area contributed by atoms with Crippen LogP contribution in [-0.4, -0.2) is 23.9 Å². The lowest BCUT2D eigenvalue weighted by Gasteiger charge is -2.38. The summed E-state index contributed by atoms with van der Waals surface area (Å²) >= 11 is 0. The molecule has 0 N–H and O–H groups in total. The van der Waals surface area contributed by atoms with E-state index < -0.39 is 0 Å². The van der Waals surface area contributed by atoms with Crippen LogP contribution in [0.2, 0.25) is 0 Å². The third kappa shape index (κ3) is 3.37. The Bertz CT molecular complexity index is 256. The molecule has 0 radical (unpaired) electrons. The molecule has 15 heavy (non-hydrogen) atoms. The van der Waals surface area contributed by atoms with Crippen molar-refractivity contribution in [2.75, 3.05) is 13.1 Å². The molecule has 0 aromatic rings. The highest BCUT2D eigenvalue weighted by molar-refractivity contribution is 5.88. The van der Waals surface area contributed by atoms with Crippen molar-refractivity contribution in [1.82, 2.24) is 4.90 Å². The Labute approximate surface area is 93.3 Å². The predicted molar refractivity (Wildman–Crippen MR) is 63.6 cm³/mol. The molecule has 0 aromatic carbocycles. The van der Waals surface area contributed by atoms with Gasteiger partial charge in [0.05, 0.1) is 0 Å². The smallest absolute Gasteiger partial charge is 0.246 e. The summed E-state index contributed by atoms with van der Waals surface area (Å²) in [5.74, 6) is 0.188. The second kappa shape index (κ2) is 4.82. The molecule has 0 unspecified atom stereocenters. The van der Waals surface area contributed by atoms with Gasteiger partial charge < -0.3 is 4.90 Å². The molecule has 2 heteroatoms. The monoisotopic (exact) mass is 209 g/mol. The van der Waals surface area contributed by atoms with Crippen LogP contribution in [0.25, 0.3) is 0 Å². The zero-order valence-electron chi connectivity index (χ0n) is 10.5. The zero-order chi connectivity index (χ0) is 11.5. The van der Waals surface area contributed by atoms with Gasteiger partial charge in [-0.25, -0.2) is 0 Å². The van der Waals surface area contributed by atoms with E-state index in [2.05, 4.69) is 13.8 Å². The molecular weight excluding hydrogens is 186 g/mol. The number of rotatable bonds is 2. The van der Waals surface area contributed by atoms with E-state index in [0.717, 1.165) is 31.5 Å². The molecule has 1 heterocycles. The SMILES string of the molecule is CCC1(C)CCN(C(=O)C=C(C)C)CC1. The summed E-state index contributed by atoms with van der Waals surface area (Å²) in [4.78, 5) is 13.7. The molecule has 0 bridgehead atoms. The minimum absolute atomic E-state index is 0.188. The molecule has 0 aliphatic carbocycles. The maximum atomic E-state index is 11.8. The van der Waals surface area contributed by atoms with Crippen LogP contribution in [0.3, 0.4) is 0 Å². The number of amides is 1. The van der Waals surface area contributed by atoms with Crippen molar-refractivity contribution in [2.24, 2.45) is 5.41 Å². The van der Waals surface area contributed by atoms with Crippen molar-refractivity contribution in [3.8, 4) is 0 Å². The van der Waals surface area contributed by atoms with E-state index in [1.165, 1.54) is 6.42 Å². The van der Waals surface area contributed by atoms with Crippen molar-refractivity contribution in [3.05, 3.63) is 11.6 Å². The topological polar surface area (TPSA) is 20.3 Å². The fourth-order valence-corrected chi connectivity index (χ4v) is 1.96. The summed E-state index contributed by atoms with van der Waals surface area (Å²) < 4.78 is 0. The fraction of sp³-hybridized carbons (Fsp3) is 0.769. The lowest BCUT2D eigenvalue weighted by Crippen LogP contribution is -2.41. The molecule has 1 amide bonds. The Morgan fingerprint density at radius 2 is 1.87 bits per heavy atom. The quantitative estimate of drug-likeness (QED) is 0.640. The van der Waals surface area contributed by atoms with Gasteiger partial charge in [-0.1, -0.05) is 25.8 Å². The highest BCUT2D eigenvalue weighted by Crippen LogP contribution is 2.33.